The lowest BCUT2D eigenvalue weighted by Gasteiger charge is -2.29. The molecule has 0 aliphatic carbocycles. The van der Waals surface area contributed by atoms with Crippen LogP contribution in [0.3, 0.4) is 0 Å². The molecular weight excluding hydrogens is 242 g/mol. The first-order valence-corrected chi connectivity index (χ1v) is 7.23. The van der Waals surface area contributed by atoms with Crippen molar-refractivity contribution in [3.63, 3.8) is 0 Å². The first-order chi connectivity index (χ1) is 9.31. The molecule has 1 nitrogen and oxygen atoms in total. The zero-order chi connectivity index (χ0) is 14.9. The molecule has 2 aromatic rings. The largest absolute Gasteiger partial charge is 0.321 e. The van der Waals surface area contributed by atoms with Gasteiger partial charge < -0.3 is 5.73 Å². The minimum atomic E-state index is -0.337. The molecule has 20 heavy (non-hydrogen) atoms. The van der Waals surface area contributed by atoms with Crippen molar-refractivity contribution in [2.45, 2.75) is 46.6 Å². The molecule has 0 saturated carbocycles. The molecule has 106 valence electrons. The van der Waals surface area contributed by atoms with Crippen molar-refractivity contribution in [2.75, 3.05) is 0 Å². The van der Waals surface area contributed by atoms with Gasteiger partial charge in [0.25, 0.3) is 0 Å². The standard InChI is InChI=1S/C19H25N/c1-13-10-15(3)17(16(4)11-13)12-19(5,20)18-9-7-6-8-14(18)2/h6-11H,12,20H2,1-5H3. The van der Waals surface area contributed by atoms with Gasteiger partial charge in [-0.1, -0.05) is 42.0 Å². The van der Waals surface area contributed by atoms with E-state index in [0.29, 0.717) is 0 Å². The third-order valence-electron chi connectivity index (χ3n) is 4.14. The van der Waals surface area contributed by atoms with Gasteiger partial charge in [-0.3, -0.25) is 0 Å². The molecule has 0 radical (unpaired) electrons. The molecular formula is C19H25N. The number of benzene rings is 2. The van der Waals surface area contributed by atoms with Crippen molar-refractivity contribution in [1.29, 1.82) is 0 Å². The summed E-state index contributed by atoms with van der Waals surface area (Å²) < 4.78 is 0. The van der Waals surface area contributed by atoms with Gasteiger partial charge in [0.05, 0.1) is 0 Å². The Hall–Kier alpha value is -1.60. The fourth-order valence-electron chi connectivity index (χ4n) is 3.16. The van der Waals surface area contributed by atoms with Gasteiger partial charge >= 0.3 is 0 Å². The molecule has 0 bridgehead atoms. The molecule has 0 aliphatic heterocycles. The van der Waals surface area contributed by atoms with Gasteiger partial charge in [0, 0.05) is 5.54 Å². The molecule has 0 fully saturated rings. The summed E-state index contributed by atoms with van der Waals surface area (Å²) in [5, 5.41) is 0. The quantitative estimate of drug-likeness (QED) is 0.879. The Morgan fingerprint density at radius 3 is 2.00 bits per heavy atom. The van der Waals surface area contributed by atoms with Crippen molar-refractivity contribution in [3.8, 4) is 0 Å². The van der Waals surface area contributed by atoms with Gasteiger partial charge in [0.15, 0.2) is 0 Å². The van der Waals surface area contributed by atoms with Crippen LogP contribution in [0, 0.1) is 27.7 Å². The van der Waals surface area contributed by atoms with E-state index in [1.807, 2.05) is 0 Å². The summed E-state index contributed by atoms with van der Waals surface area (Å²) in [7, 11) is 0. The maximum Gasteiger partial charge on any atom is 0.0424 e. The van der Waals surface area contributed by atoms with E-state index in [0.717, 1.165) is 6.42 Å². The highest BCUT2D eigenvalue weighted by Crippen LogP contribution is 2.28. The van der Waals surface area contributed by atoms with Crippen LogP contribution in [0.25, 0.3) is 0 Å². The number of rotatable bonds is 3. The zero-order valence-corrected chi connectivity index (χ0v) is 13.2. The van der Waals surface area contributed by atoms with E-state index in [-0.39, 0.29) is 5.54 Å². The lowest BCUT2D eigenvalue weighted by Crippen LogP contribution is -2.36. The Morgan fingerprint density at radius 1 is 0.900 bits per heavy atom. The normalized spacial score (nSPS) is 14.1. The fraction of sp³-hybridized carbons (Fsp3) is 0.368. The molecule has 2 aromatic carbocycles. The van der Waals surface area contributed by atoms with Gasteiger partial charge in [-0.15, -0.1) is 0 Å². The van der Waals surface area contributed by atoms with Crippen LogP contribution < -0.4 is 5.73 Å². The number of aryl methyl sites for hydroxylation is 4. The second kappa shape index (κ2) is 5.41. The molecule has 0 heterocycles. The van der Waals surface area contributed by atoms with E-state index in [9.17, 15) is 0 Å². The van der Waals surface area contributed by atoms with Crippen LogP contribution in [0.15, 0.2) is 36.4 Å². The van der Waals surface area contributed by atoms with Crippen LogP contribution in [0.2, 0.25) is 0 Å². The van der Waals surface area contributed by atoms with E-state index in [1.54, 1.807) is 0 Å². The second-order valence-electron chi connectivity index (χ2n) is 6.29. The van der Waals surface area contributed by atoms with Crippen LogP contribution in [0.4, 0.5) is 0 Å². The Bertz CT molecular complexity index is 600. The van der Waals surface area contributed by atoms with Crippen LogP contribution in [-0.4, -0.2) is 0 Å². The molecule has 2 rings (SSSR count). The van der Waals surface area contributed by atoms with Crippen LogP contribution in [0.1, 0.15) is 40.3 Å². The van der Waals surface area contributed by atoms with Gasteiger partial charge in [0.2, 0.25) is 0 Å². The van der Waals surface area contributed by atoms with E-state index < -0.39 is 0 Å². The summed E-state index contributed by atoms with van der Waals surface area (Å²) >= 11 is 0. The molecule has 1 atom stereocenters. The van der Waals surface area contributed by atoms with E-state index in [4.69, 9.17) is 5.73 Å². The molecule has 0 aromatic heterocycles. The summed E-state index contributed by atoms with van der Waals surface area (Å²) in [6.07, 6.45) is 0.871. The number of nitrogens with two attached hydrogens (primary N) is 1. The lowest BCUT2D eigenvalue weighted by atomic mass is 9.81. The van der Waals surface area contributed by atoms with Crippen LogP contribution in [-0.2, 0) is 12.0 Å². The average molecular weight is 267 g/mol. The van der Waals surface area contributed by atoms with Gasteiger partial charge in [-0.2, -0.15) is 0 Å². The lowest BCUT2D eigenvalue weighted by molar-refractivity contribution is 0.486. The van der Waals surface area contributed by atoms with Crippen molar-refractivity contribution in [1.82, 2.24) is 0 Å². The van der Waals surface area contributed by atoms with Crippen LogP contribution >= 0.6 is 0 Å². The maximum absolute atomic E-state index is 6.65. The molecule has 0 spiro atoms. The Balaban J connectivity index is 2.41. The number of hydrogen-bond donors (Lipinski definition) is 1. The third kappa shape index (κ3) is 2.94. The topological polar surface area (TPSA) is 26.0 Å². The summed E-state index contributed by atoms with van der Waals surface area (Å²) in [5.41, 5.74) is 14.2. The molecule has 1 unspecified atom stereocenters. The van der Waals surface area contributed by atoms with Crippen molar-refractivity contribution >= 4 is 0 Å². The fourth-order valence-corrected chi connectivity index (χ4v) is 3.16. The first-order valence-electron chi connectivity index (χ1n) is 7.23. The monoisotopic (exact) mass is 267 g/mol. The van der Waals surface area contributed by atoms with Crippen molar-refractivity contribution in [3.05, 3.63) is 69.8 Å². The van der Waals surface area contributed by atoms with Gasteiger partial charge in [0.1, 0.15) is 0 Å². The predicted molar refractivity (Wildman–Crippen MR) is 87.1 cm³/mol. The van der Waals surface area contributed by atoms with Crippen LogP contribution in [0.5, 0.6) is 0 Å². The minimum absolute atomic E-state index is 0.337. The summed E-state index contributed by atoms with van der Waals surface area (Å²) in [4.78, 5) is 0. The van der Waals surface area contributed by atoms with E-state index in [1.165, 1.54) is 33.4 Å². The molecule has 0 aliphatic rings. The number of hydrogen-bond acceptors (Lipinski definition) is 1. The zero-order valence-electron chi connectivity index (χ0n) is 13.2. The highest BCUT2D eigenvalue weighted by atomic mass is 14.7. The Kier molecular flexibility index (Phi) is 4.01. The highest BCUT2D eigenvalue weighted by Gasteiger charge is 2.24. The van der Waals surface area contributed by atoms with E-state index >= 15 is 0 Å². The van der Waals surface area contributed by atoms with Crippen molar-refractivity contribution < 1.29 is 0 Å². The van der Waals surface area contributed by atoms with Gasteiger partial charge in [-0.25, -0.2) is 0 Å². The smallest absolute Gasteiger partial charge is 0.0424 e. The summed E-state index contributed by atoms with van der Waals surface area (Å²) in [5.74, 6) is 0. The highest BCUT2D eigenvalue weighted by molar-refractivity contribution is 5.41. The predicted octanol–water partition coefficient (Wildman–Crippen LogP) is 4.34. The van der Waals surface area contributed by atoms with Gasteiger partial charge in [-0.05, 0) is 68.9 Å². The summed E-state index contributed by atoms with van der Waals surface area (Å²) in [6, 6.07) is 12.9. The molecule has 1 heteroatoms. The Morgan fingerprint density at radius 2 is 1.45 bits per heavy atom. The Labute approximate surface area is 122 Å². The first kappa shape index (κ1) is 14.8. The molecule has 0 saturated heterocycles. The van der Waals surface area contributed by atoms with E-state index in [2.05, 4.69) is 71.0 Å². The third-order valence-corrected chi connectivity index (χ3v) is 4.14. The van der Waals surface area contributed by atoms with Crippen molar-refractivity contribution in [2.24, 2.45) is 5.73 Å². The minimum Gasteiger partial charge on any atom is -0.321 e. The maximum atomic E-state index is 6.65. The second-order valence-corrected chi connectivity index (χ2v) is 6.29. The SMILES string of the molecule is Cc1cc(C)c(CC(C)(N)c2ccccc2C)c(C)c1. The summed E-state index contributed by atoms with van der Waals surface area (Å²) in [6.45, 7) is 10.8. The molecule has 2 N–H and O–H groups in total. The average Bonchev–Trinajstić information content (AvgIpc) is 2.34. The molecule has 0 amide bonds.